The molecule has 6 heteroatoms. The normalized spacial score (nSPS) is 16.8. The van der Waals surface area contributed by atoms with Crippen LogP contribution in [0.2, 0.25) is 0 Å². The van der Waals surface area contributed by atoms with E-state index >= 15 is 0 Å². The molecule has 1 fully saturated rings. The molecule has 0 bridgehead atoms. The zero-order valence-electron chi connectivity index (χ0n) is 11.4. The number of likely N-dealkylation sites (tertiary alicyclic amines) is 1. The summed E-state index contributed by atoms with van der Waals surface area (Å²) < 4.78 is 0. The van der Waals surface area contributed by atoms with E-state index in [1.807, 2.05) is 11.8 Å². The number of carbonyl (C=O) groups is 2. The minimum absolute atomic E-state index is 0.0664. The summed E-state index contributed by atoms with van der Waals surface area (Å²) in [4.78, 5) is 29.4. The van der Waals surface area contributed by atoms with Crippen LogP contribution in [0.15, 0.2) is 23.4 Å². The quantitative estimate of drug-likeness (QED) is 0.863. The van der Waals surface area contributed by atoms with Gasteiger partial charge in [0.1, 0.15) is 5.03 Å². The topological polar surface area (TPSA) is 70.5 Å². The number of carboxylic acid groups (broad SMARTS) is 1. The summed E-state index contributed by atoms with van der Waals surface area (Å²) in [6.07, 6.45) is 4.82. The Balaban J connectivity index is 2.05. The fourth-order valence-corrected chi connectivity index (χ4v) is 3.23. The number of aromatic carboxylic acids is 1. The lowest BCUT2D eigenvalue weighted by atomic mass is 10.1. The predicted octanol–water partition coefficient (Wildman–Crippen LogP) is 2.27. The minimum atomic E-state index is -1.02. The predicted molar refractivity (Wildman–Crippen MR) is 76.9 cm³/mol. The van der Waals surface area contributed by atoms with Crippen LogP contribution in [-0.2, 0) is 4.79 Å². The summed E-state index contributed by atoms with van der Waals surface area (Å²) in [6, 6.07) is 3.10. The highest BCUT2D eigenvalue weighted by atomic mass is 32.2. The van der Waals surface area contributed by atoms with Crippen molar-refractivity contribution < 1.29 is 14.7 Å². The zero-order valence-corrected chi connectivity index (χ0v) is 12.2. The molecule has 1 aliphatic heterocycles. The van der Waals surface area contributed by atoms with Crippen molar-refractivity contribution in [3.63, 3.8) is 0 Å². The molecule has 1 amide bonds. The molecular weight excluding hydrogens is 276 g/mol. The molecule has 20 heavy (non-hydrogen) atoms. The number of hydrogen-bond acceptors (Lipinski definition) is 4. The first kappa shape index (κ1) is 14.8. The van der Waals surface area contributed by atoms with Crippen molar-refractivity contribution in [2.24, 2.45) is 0 Å². The van der Waals surface area contributed by atoms with Gasteiger partial charge < -0.3 is 10.0 Å². The van der Waals surface area contributed by atoms with Gasteiger partial charge in [-0.1, -0.05) is 11.8 Å². The van der Waals surface area contributed by atoms with E-state index < -0.39 is 5.97 Å². The van der Waals surface area contributed by atoms with Gasteiger partial charge in [0.15, 0.2) is 0 Å². The van der Waals surface area contributed by atoms with Crippen LogP contribution in [0.25, 0.3) is 0 Å². The molecule has 0 aliphatic carbocycles. The second-order valence-corrected chi connectivity index (χ2v) is 6.14. The molecule has 1 N–H and O–H groups in total. The van der Waals surface area contributed by atoms with E-state index in [0.29, 0.717) is 5.03 Å². The van der Waals surface area contributed by atoms with Gasteiger partial charge in [-0.2, -0.15) is 0 Å². The zero-order chi connectivity index (χ0) is 14.5. The third-order valence-corrected chi connectivity index (χ3v) is 4.41. The third kappa shape index (κ3) is 3.50. The standard InChI is InChI=1S/C14H18N2O3S/c1-10(13(17)16-8-3-2-4-9-16)20-12-11(14(18)19)6-5-7-15-12/h5-7,10H,2-4,8-9H2,1H3,(H,18,19). The van der Waals surface area contributed by atoms with Crippen LogP contribution < -0.4 is 0 Å². The van der Waals surface area contributed by atoms with Gasteiger partial charge in [-0.15, -0.1) is 0 Å². The third-order valence-electron chi connectivity index (χ3n) is 3.31. The average molecular weight is 294 g/mol. The summed E-state index contributed by atoms with van der Waals surface area (Å²) in [6.45, 7) is 3.41. The molecule has 2 rings (SSSR count). The Bertz CT molecular complexity index is 501. The lowest BCUT2D eigenvalue weighted by molar-refractivity contribution is -0.131. The molecule has 2 heterocycles. The van der Waals surface area contributed by atoms with Crippen LogP contribution in [0.3, 0.4) is 0 Å². The Kier molecular flexibility index (Phi) is 5.00. The van der Waals surface area contributed by atoms with Crippen molar-refractivity contribution in [2.45, 2.75) is 36.5 Å². The lowest BCUT2D eigenvalue weighted by Crippen LogP contribution is -2.40. The molecule has 1 aromatic heterocycles. The summed E-state index contributed by atoms with van der Waals surface area (Å²) >= 11 is 1.22. The Labute approximate surface area is 122 Å². The molecule has 0 aromatic carbocycles. The van der Waals surface area contributed by atoms with E-state index in [1.165, 1.54) is 24.2 Å². The molecular formula is C14H18N2O3S. The second kappa shape index (κ2) is 6.74. The Morgan fingerprint density at radius 1 is 1.35 bits per heavy atom. The number of aromatic nitrogens is 1. The molecule has 1 saturated heterocycles. The molecule has 1 aromatic rings. The highest BCUT2D eigenvalue weighted by molar-refractivity contribution is 8.00. The molecule has 108 valence electrons. The lowest BCUT2D eigenvalue weighted by Gasteiger charge is -2.29. The van der Waals surface area contributed by atoms with E-state index in [-0.39, 0.29) is 16.7 Å². The number of rotatable bonds is 4. The van der Waals surface area contributed by atoms with Crippen LogP contribution in [0.5, 0.6) is 0 Å². The molecule has 0 radical (unpaired) electrons. The number of pyridine rings is 1. The van der Waals surface area contributed by atoms with E-state index in [4.69, 9.17) is 5.11 Å². The molecule has 1 aliphatic rings. The van der Waals surface area contributed by atoms with Gasteiger partial charge in [0.25, 0.3) is 0 Å². The number of carboxylic acids is 1. The van der Waals surface area contributed by atoms with Crippen molar-refractivity contribution in [2.75, 3.05) is 13.1 Å². The van der Waals surface area contributed by atoms with Gasteiger partial charge in [-0.3, -0.25) is 4.79 Å². The molecule has 1 unspecified atom stereocenters. The van der Waals surface area contributed by atoms with Crippen LogP contribution in [0, 0.1) is 0 Å². The van der Waals surface area contributed by atoms with E-state index in [0.717, 1.165) is 25.9 Å². The Morgan fingerprint density at radius 2 is 2.05 bits per heavy atom. The van der Waals surface area contributed by atoms with Crippen LogP contribution >= 0.6 is 11.8 Å². The summed E-state index contributed by atoms with van der Waals surface area (Å²) in [5.74, 6) is -0.949. The largest absolute Gasteiger partial charge is 0.478 e. The summed E-state index contributed by atoms with van der Waals surface area (Å²) in [7, 11) is 0. The SMILES string of the molecule is CC(Sc1ncccc1C(=O)O)C(=O)N1CCCCC1. The van der Waals surface area contributed by atoms with Crippen molar-refractivity contribution in [1.82, 2.24) is 9.88 Å². The summed E-state index contributed by atoms with van der Waals surface area (Å²) in [5.41, 5.74) is 0.149. The van der Waals surface area contributed by atoms with Crippen LogP contribution in [0.1, 0.15) is 36.5 Å². The van der Waals surface area contributed by atoms with Gasteiger partial charge in [0, 0.05) is 19.3 Å². The van der Waals surface area contributed by atoms with Crippen molar-refractivity contribution >= 4 is 23.6 Å². The van der Waals surface area contributed by atoms with Crippen molar-refractivity contribution in [3.8, 4) is 0 Å². The van der Waals surface area contributed by atoms with Gasteiger partial charge in [0.2, 0.25) is 5.91 Å². The number of nitrogens with zero attached hydrogens (tertiary/aromatic N) is 2. The first-order chi connectivity index (χ1) is 9.59. The summed E-state index contributed by atoms with van der Waals surface area (Å²) in [5, 5.41) is 9.20. The average Bonchev–Trinajstić information content (AvgIpc) is 2.47. The van der Waals surface area contributed by atoms with Crippen molar-refractivity contribution in [3.05, 3.63) is 23.9 Å². The maximum Gasteiger partial charge on any atom is 0.338 e. The van der Waals surface area contributed by atoms with Crippen LogP contribution in [-0.4, -0.2) is 45.2 Å². The number of piperidine rings is 1. The fourth-order valence-electron chi connectivity index (χ4n) is 2.24. The van der Waals surface area contributed by atoms with Gasteiger partial charge in [0.05, 0.1) is 10.8 Å². The minimum Gasteiger partial charge on any atom is -0.478 e. The highest BCUT2D eigenvalue weighted by Gasteiger charge is 2.24. The van der Waals surface area contributed by atoms with Crippen LogP contribution in [0.4, 0.5) is 0 Å². The van der Waals surface area contributed by atoms with Crippen molar-refractivity contribution in [1.29, 1.82) is 0 Å². The highest BCUT2D eigenvalue weighted by Crippen LogP contribution is 2.26. The number of amides is 1. The molecule has 1 atom stereocenters. The number of carbonyl (C=O) groups excluding carboxylic acids is 1. The van der Waals surface area contributed by atoms with Gasteiger partial charge in [-0.05, 0) is 38.3 Å². The maximum atomic E-state index is 12.3. The number of hydrogen-bond donors (Lipinski definition) is 1. The fraction of sp³-hybridized carbons (Fsp3) is 0.500. The molecule has 5 nitrogen and oxygen atoms in total. The second-order valence-electron chi connectivity index (χ2n) is 4.81. The smallest absolute Gasteiger partial charge is 0.338 e. The first-order valence-corrected chi connectivity index (χ1v) is 7.61. The first-order valence-electron chi connectivity index (χ1n) is 6.73. The van der Waals surface area contributed by atoms with E-state index in [1.54, 1.807) is 12.3 Å². The van der Waals surface area contributed by atoms with Gasteiger partial charge in [-0.25, -0.2) is 9.78 Å². The van der Waals surface area contributed by atoms with E-state index in [9.17, 15) is 9.59 Å². The Morgan fingerprint density at radius 3 is 2.70 bits per heavy atom. The Hall–Kier alpha value is -1.56. The number of thioether (sulfide) groups is 1. The molecule has 0 spiro atoms. The maximum absolute atomic E-state index is 12.3. The molecule has 0 saturated carbocycles. The van der Waals surface area contributed by atoms with Gasteiger partial charge >= 0.3 is 5.97 Å². The monoisotopic (exact) mass is 294 g/mol. The van der Waals surface area contributed by atoms with E-state index in [2.05, 4.69) is 4.98 Å².